The number of hydrogen-bond donors (Lipinski definition) is 3. The smallest absolute Gasteiger partial charge is 0.319 e. The number of urea groups is 1. The number of rotatable bonds is 3. The standard InChI is InChI=1S/C15H22N4O2/c1-10(16)11-3-5-12(6-4-11)17-15(21)18-13-7-8-14(20)19(2)9-13/h3-6,10,13H,7-9,16H2,1-2H3,(H2,17,18,21). The number of benzene rings is 1. The van der Waals surface area contributed by atoms with Crippen molar-refractivity contribution in [3.05, 3.63) is 29.8 Å². The van der Waals surface area contributed by atoms with Crippen molar-refractivity contribution in [2.24, 2.45) is 5.73 Å². The van der Waals surface area contributed by atoms with E-state index in [9.17, 15) is 9.59 Å². The third kappa shape index (κ3) is 4.19. The summed E-state index contributed by atoms with van der Waals surface area (Å²) in [5.41, 5.74) is 7.52. The third-order valence-electron chi connectivity index (χ3n) is 3.66. The van der Waals surface area contributed by atoms with Crippen molar-refractivity contribution < 1.29 is 9.59 Å². The second-order valence-corrected chi connectivity index (χ2v) is 5.52. The van der Waals surface area contributed by atoms with Gasteiger partial charge < -0.3 is 21.3 Å². The van der Waals surface area contributed by atoms with Crippen LogP contribution in [0.25, 0.3) is 0 Å². The molecule has 2 rings (SSSR count). The second-order valence-electron chi connectivity index (χ2n) is 5.52. The molecule has 1 aliphatic rings. The fraction of sp³-hybridized carbons (Fsp3) is 0.467. The zero-order chi connectivity index (χ0) is 15.4. The van der Waals surface area contributed by atoms with Gasteiger partial charge in [-0.1, -0.05) is 12.1 Å². The number of nitrogens with two attached hydrogens (primary N) is 1. The van der Waals surface area contributed by atoms with Crippen LogP contribution in [0.5, 0.6) is 0 Å². The second kappa shape index (κ2) is 6.58. The van der Waals surface area contributed by atoms with Gasteiger partial charge in [0.05, 0.1) is 0 Å². The molecular formula is C15H22N4O2. The molecule has 114 valence electrons. The Bertz CT molecular complexity index is 513. The van der Waals surface area contributed by atoms with E-state index in [4.69, 9.17) is 5.73 Å². The predicted octanol–water partition coefficient (Wildman–Crippen LogP) is 1.45. The maximum Gasteiger partial charge on any atom is 0.319 e. The highest BCUT2D eigenvalue weighted by Crippen LogP contribution is 2.14. The summed E-state index contributed by atoms with van der Waals surface area (Å²) in [6.45, 7) is 2.46. The largest absolute Gasteiger partial charge is 0.344 e. The van der Waals surface area contributed by atoms with Gasteiger partial charge in [0.25, 0.3) is 0 Å². The first kappa shape index (κ1) is 15.3. The van der Waals surface area contributed by atoms with Crippen LogP contribution in [0.1, 0.15) is 31.4 Å². The number of nitrogens with one attached hydrogen (secondary N) is 2. The van der Waals surface area contributed by atoms with Gasteiger partial charge in [0, 0.05) is 37.8 Å². The number of hydrogen-bond acceptors (Lipinski definition) is 3. The number of likely N-dealkylation sites (tertiary alicyclic amines) is 1. The molecule has 1 saturated heterocycles. The summed E-state index contributed by atoms with van der Waals surface area (Å²) in [7, 11) is 1.75. The normalized spacial score (nSPS) is 20.0. The molecule has 1 heterocycles. The molecule has 0 spiro atoms. The summed E-state index contributed by atoms with van der Waals surface area (Å²) in [5, 5.41) is 5.67. The van der Waals surface area contributed by atoms with Gasteiger partial charge in [-0.25, -0.2) is 4.79 Å². The number of piperidine rings is 1. The topological polar surface area (TPSA) is 87.5 Å². The molecule has 2 unspecified atom stereocenters. The molecule has 1 aromatic carbocycles. The van der Waals surface area contributed by atoms with Crippen molar-refractivity contribution in [1.82, 2.24) is 10.2 Å². The van der Waals surface area contributed by atoms with Crippen molar-refractivity contribution in [1.29, 1.82) is 0 Å². The number of carbonyl (C=O) groups excluding carboxylic acids is 2. The summed E-state index contributed by atoms with van der Waals surface area (Å²) in [4.78, 5) is 25.0. The van der Waals surface area contributed by atoms with Crippen molar-refractivity contribution in [3.63, 3.8) is 0 Å². The zero-order valence-electron chi connectivity index (χ0n) is 12.4. The Kier molecular flexibility index (Phi) is 4.80. The lowest BCUT2D eigenvalue weighted by molar-refractivity contribution is -0.132. The minimum atomic E-state index is -0.253. The lowest BCUT2D eigenvalue weighted by Gasteiger charge is -2.30. The van der Waals surface area contributed by atoms with Gasteiger partial charge in [-0.05, 0) is 31.0 Å². The molecule has 1 aromatic rings. The number of amides is 3. The molecule has 3 amide bonds. The molecule has 1 aliphatic heterocycles. The van der Waals surface area contributed by atoms with E-state index < -0.39 is 0 Å². The van der Waals surface area contributed by atoms with Gasteiger partial charge in [0.15, 0.2) is 0 Å². The molecule has 21 heavy (non-hydrogen) atoms. The first-order valence-corrected chi connectivity index (χ1v) is 7.12. The van der Waals surface area contributed by atoms with Gasteiger partial charge in [0.2, 0.25) is 5.91 Å². The Morgan fingerprint density at radius 2 is 2.05 bits per heavy atom. The van der Waals surface area contributed by atoms with Crippen molar-refractivity contribution in [2.45, 2.75) is 31.8 Å². The Labute approximate surface area is 124 Å². The minimum Gasteiger partial charge on any atom is -0.344 e. The van der Waals surface area contributed by atoms with E-state index in [2.05, 4.69) is 10.6 Å². The van der Waals surface area contributed by atoms with E-state index >= 15 is 0 Å². The maximum atomic E-state index is 11.9. The van der Waals surface area contributed by atoms with Crippen LogP contribution in [0.4, 0.5) is 10.5 Å². The highest BCUT2D eigenvalue weighted by atomic mass is 16.2. The summed E-state index contributed by atoms with van der Waals surface area (Å²) in [5.74, 6) is 0.125. The Hall–Kier alpha value is -2.08. The highest BCUT2D eigenvalue weighted by Gasteiger charge is 2.23. The molecule has 4 N–H and O–H groups in total. The van der Waals surface area contributed by atoms with Crippen LogP contribution >= 0.6 is 0 Å². The fourth-order valence-electron chi connectivity index (χ4n) is 2.35. The van der Waals surface area contributed by atoms with Crippen LogP contribution in [0, 0.1) is 0 Å². The van der Waals surface area contributed by atoms with Crippen LogP contribution in [-0.2, 0) is 4.79 Å². The third-order valence-corrected chi connectivity index (χ3v) is 3.66. The molecule has 6 nitrogen and oxygen atoms in total. The minimum absolute atomic E-state index is 0.00367. The summed E-state index contributed by atoms with van der Waals surface area (Å²) >= 11 is 0. The number of likely N-dealkylation sites (N-methyl/N-ethyl adjacent to an activating group) is 1. The van der Waals surface area contributed by atoms with E-state index in [0.717, 1.165) is 11.3 Å². The van der Waals surface area contributed by atoms with Crippen LogP contribution in [-0.4, -0.2) is 36.5 Å². The first-order chi connectivity index (χ1) is 9.95. The van der Waals surface area contributed by atoms with Crippen LogP contribution < -0.4 is 16.4 Å². The van der Waals surface area contributed by atoms with Gasteiger partial charge in [-0.2, -0.15) is 0 Å². The van der Waals surface area contributed by atoms with Crippen molar-refractivity contribution in [2.75, 3.05) is 18.9 Å². The van der Waals surface area contributed by atoms with Crippen LogP contribution in [0.3, 0.4) is 0 Å². The molecule has 1 fully saturated rings. The molecule has 0 aromatic heterocycles. The van der Waals surface area contributed by atoms with Crippen LogP contribution in [0.15, 0.2) is 24.3 Å². The first-order valence-electron chi connectivity index (χ1n) is 7.12. The Morgan fingerprint density at radius 3 is 2.62 bits per heavy atom. The van der Waals surface area contributed by atoms with Gasteiger partial charge >= 0.3 is 6.03 Å². The average Bonchev–Trinajstić information content (AvgIpc) is 2.43. The lowest BCUT2D eigenvalue weighted by Crippen LogP contribution is -2.49. The Morgan fingerprint density at radius 1 is 1.38 bits per heavy atom. The maximum absolute atomic E-state index is 11.9. The van der Waals surface area contributed by atoms with Gasteiger partial charge in [-0.3, -0.25) is 4.79 Å². The number of carbonyl (C=O) groups is 2. The molecule has 6 heteroatoms. The molecular weight excluding hydrogens is 268 g/mol. The quantitative estimate of drug-likeness (QED) is 0.787. The van der Waals surface area contributed by atoms with Gasteiger partial charge in [-0.15, -0.1) is 0 Å². The molecule has 0 radical (unpaired) electrons. The van der Waals surface area contributed by atoms with Gasteiger partial charge in [0.1, 0.15) is 0 Å². The Balaban J connectivity index is 1.85. The molecule has 0 bridgehead atoms. The molecule has 0 saturated carbocycles. The van der Waals surface area contributed by atoms with E-state index in [1.165, 1.54) is 0 Å². The van der Waals surface area contributed by atoms with E-state index in [1.54, 1.807) is 11.9 Å². The fourth-order valence-corrected chi connectivity index (χ4v) is 2.35. The van der Waals surface area contributed by atoms with E-state index in [-0.39, 0.29) is 24.0 Å². The van der Waals surface area contributed by atoms with Crippen molar-refractivity contribution in [3.8, 4) is 0 Å². The monoisotopic (exact) mass is 290 g/mol. The summed E-state index contributed by atoms with van der Waals surface area (Å²) in [6.07, 6.45) is 1.16. The SMILES string of the molecule is CC(N)c1ccc(NC(=O)NC2CCC(=O)N(C)C2)cc1. The number of anilines is 1. The van der Waals surface area contributed by atoms with Crippen molar-refractivity contribution >= 4 is 17.6 Å². The summed E-state index contributed by atoms with van der Waals surface area (Å²) < 4.78 is 0. The zero-order valence-corrected chi connectivity index (χ0v) is 12.4. The molecule has 0 aliphatic carbocycles. The lowest BCUT2D eigenvalue weighted by atomic mass is 10.1. The highest BCUT2D eigenvalue weighted by molar-refractivity contribution is 5.89. The van der Waals surface area contributed by atoms with E-state index in [1.807, 2.05) is 31.2 Å². The molecule has 2 atom stereocenters. The average molecular weight is 290 g/mol. The van der Waals surface area contributed by atoms with E-state index in [0.29, 0.717) is 19.4 Å². The predicted molar refractivity (Wildman–Crippen MR) is 81.9 cm³/mol. The van der Waals surface area contributed by atoms with Crippen LogP contribution in [0.2, 0.25) is 0 Å². The summed E-state index contributed by atoms with van der Waals surface area (Å²) in [6, 6.07) is 7.17. The number of nitrogens with zero attached hydrogens (tertiary/aromatic N) is 1.